The van der Waals surface area contributed by atoms with Crippen molar-refractivity contribution in [3.8, 4) is 0 Å². The van der Waals surface area contributed by atoms with E-state index in [1.807, 2.05) is 4.90 Å². The van der Waals surface area contributed by atoms with E-state index >= 15 is 0 Å². The van der Waals surface area contributed by atoms with Gasteiger partial charge in [-0.25, -0.2) is 13.4 Å². The molecular weight excluding hydrogens is 583 g/mol. The number of carbonyl (C=O) groups is 1. The number of benzene rings is 1. The highest BCUT2D eigenvalue weighted by Crippen LogP contribution is 2.35. The Balaban J connectivity index is 1.26. The zero-order chi connectivity index (χ0) is 29.2. The predicted octanol–water partition coefficient (Wildman–Crippen LogP) is 5.06. The fraction of sp³-hybridized carbons (Fsp3) is 0.444. The van der Waals surface area contributed by atoms with Gasteiger partial charge in [-0.2, -0.15) is 22.5 Å². The van der Waals surface area contributed by atoms with Gasteiger partial charge in [0.15, 0.2) is 5.69 Å². The van der Waals surface area contributed by atoms with Crippen molar-refractivity contribution < 1.29 is 30.8 Å². The average Bonchev–Trinajstić information content (AvgIpc) is 3.27. The molecule has 2 aromatic heterocycles. The highest BCUT2D eigenvalue weighted by molar-refractivity contribution is 7.89. The van der Waals surface area contributed by atoms with Crippen LogP contribution >= 0.6 is 11.6 Å². The van der Waals surface area contributed by atoms with Crippen LogP contribution in [0.25, 0.3) is 0 Å². The van der Waals surface area contributed by atoms with Crippen LogP contribution in [0.5, 0.6) is 0 Å². The molecule has 2 aliphatic rings. The quantitative estimate of drug-likeness (QED) is 0.342. The summed E-state index contributed by atoms with van der Waals surface area (Å²) in [6.07, 6.45) is -0.564. The predicted molar refractivity (Wildman–Crippen MR) is 147 cm³/mol. The number of hydrogen-bond acceptors (Lipinski definition) is 8. The lowest BCUT2D eigenvalue weighted by molar-refractivity contribution is -0.141. The highest BCUT2D eigenvalue weighted by Gasteiger charge is 2.42. The Bertz CT molecular complexity index is 1490. The van der Waals surface area contributed by atoms with E-state index in [2.05, 4.69) is 9.97 Å². The van der Waals surface area contributed by atoms with Crippen molar-refractivity contribution in [1.29, 1.82) is 0 Å². The Morgan fingerprint density at radius 3 is 2.34 bits per heavy atom. The summed E-state index contributed by atoms with van der Waals surface area (Å²) in [5.74, 6) is -1.06. The Hall–Kier alpha value is -3.16. The third kappa shape index (κ3) is 6.52. The number of piperidine rings is 1. The number of halogens is 4. The fourth-order valence-electron chi connectivity index (χ4n) is 5.04. The van der Waals surface area contributed by atoms with Gasteiger partial charge in [0.25, 0.3) is 6.01 Å². The lowest BCUT2D eigenvalue weighted by atomic mass is 10.1. The molecule has 0 bridgehead atoms. The third-order valence-corrected chi connectivity index (χ3v) is 9.57. The Kier molecular flexibility index (Phi) is 8.57. The number of sulfonamides is 1. The van der Waals surface area contributed by atoms with Crippen LogP contribution in [-0.2, 0) is 22.6 Å². The first-order valence-electron chi connectivity index (χ1n) is 13.3. The van der Waals surface area contributed by atoms with Crippen LogP contribution in [0.15, 0.2) is 51.9 Å². The lowest BCUT2D eigenvalue weighted by Gasteiger charge is -2.24. The molecule has 0 spiro atoms. The zero-order valence-electron chi connectivity index (χ0n) is 22.1. The summed E-state index contributed by atoms with van der Waals surface area (Å²) >= 11 is 6.13. The van der Waals surface area contributed by atoms with Gasteiger partial charge in [0, 0.05) is 51.9 Å². The Morgan fingerprint density at radius 1 is 0.927 bits per heavy atom. The van der Waals surface area contributed by atoms with E-state index in [-0.39, 0.29) is 28.9 Å². The summed E-state index contributed by atoms with van der Waals surface area (Å²) in [5, 5.41) is 0.163. The topological polar surface area (TPSA) is 99.9 Å². The number of hydrogen-bond donors (Lipinski definition) is 0. The molecule has 0 atom stereocenters. The summed E-state index contributed by atoms with van der Waals surface area (Å²) in [6, 6.07) is 9.42. The van der Waals surface area contributed by atoms with Gasteiger partial charge in [-0.3, -0.25) is 4.79 Å². The number of oxazole rings is 1. The fourth-order valence-corrected chi connectivity index (χ4v) is 7.00. The number of nitrogens with zero attached hydrogens (tertiary/aromatic N) is 5. The van der Waals surface area contributed by atoms with Crippen molar-refractivity contribution in [2.24, 2.45) is 0 Å². The molecule has 0 amide bonds. The number of ketones is 1. The molecule has 9 nitrogen and oxygen atoms in total. The van der Waals surface area contributed by atoms with E-state index in [9.17, 15) is 26.4 Å². The molecule has 1 aromatic carbocycles. The van der Waals surface area contributed by atoms with E-state index < -0.39 is 33.4 Å². The van der Waals surface area contributed by atoms with E-state index in [0.717, 1.165) is 19.3 Å². The minimum Gasteiger partial charge on any atom is -0.420 e. The maximum Gasteiger partial charge on any atom is 0.437 e. The summed E-state index contributed by atoms with van der Waals surface area (Å²) in [7, 11) is -3.77. The number of rotatable bonds is 7. The first-order valence-corrected chi connectivity index (χ1v) is 15.2. The van der Waals surface area contributed by atoms with Crippen molar-refractivity contribution in [3.05, 3.63) is 64.6 Å². The normalized spacial score (nSPS) is 17.5. The molecule has 0 radical (unpaired) electrons. The summed E-state index contributed by atoms with van der Waals surface area (Å²) in [6.45, 7) is 2.51. The minimum atomic E-state index is -4.83. The van der Waals surface area contributed by atoms with Gasteiger partial charge in [-0.05, 0) is 49.4 Å². The first-order chi connectivity index (χ1) is 19.5. The van der Waals surface area contributed by atoms with Crippen LogP contribution in [0, 0.1) is 0 Å². The molecule has 2 fully saturated rings. The number of alkyl halides is 3. The van der Waals surface area contributed by atoms with Crippen LogP contribution in [-0.4, -0.2) is 67.7 Å². The third-order valence-electron chi connectivity index (χ3n) is 7.17. The number of anilines is 2. The largest absolute Gasteiger partial charge is 0.437 e. The van der Waals surface area contributed by atoms with Gasteiger partial charge in [0.2, 0.25) is 21.6 Å². The molecule has 0 unspecified atom stereocenters. The maximum absolute atomic E-state index is 13.7. The second kappa shape index (κ2) is 12.0. The van der Waals surface area contributed by atoms with Gasteiger partial charge in [-0.15, -0.1) is 0 Å². The molecular formula is C27H29ClF3N5O4S. The second-order valence-electron chi connectivity index (χ2n) is 10.0. The summed E-state index contributed by atoms with van der Waals surface area (Å²) in [5.41, 5.74) is -0.894. The molecule has 2 aliphatic heterocycles. The summed E-state index contributed by atoms with van der Waals surface area (Å²) < 4.78 is 74.1. The molecule has 14 heteroatoms. The molecule has 4 heterocycles. The Morgan fingerprint density at radius 2 is 1.66 bits per heavy atom. The van der Waals surface area contributed by atoms with Gasteiger partial charge >= 0.3 is 6.18 Å². The standard InChI is InChI=1S/C27H29ClF3N5O4S/c28-20-7-2-3-8-22(20)41(38,39)36-14-6-13-34(15-16-36)23-10-9-19(18-32-23)17-21(37)24-25(27(29,30)31)33-26(40-24)35-11-4-1-5-12-35/h2-3,7-10,18H,1,4-6,11-17H2. The molecule has 2 saturated heterocycles. The Labute approximate surface area is 241 Å². The van der Waals surface area contributed by atoms with Gasteiger partial charge in [0.05, 0.1) is 5.02 Å². The highest BCUT2D eigenvalue weighted by atomic mass is 35.5. The van der Waals surface area contributed by atoms with Gasteiger partial charge in [0.1, 0.15) is 10.7 Å². The number of carbonyl (C=O) groups excluding carboxylic acids is 1. The van der Waals surface area contributed by atoms with Crippen molar-refractivity contribution in [1.82, 2.24) is 14.3 Å². The first kappa shape index (κ1) is 29.3. The van der Waals surface area contributed by atoms with Crippen molar-refractivity contribution in [3.63, 3.8) is 0 Å². The molecule has 0 N–H and O–H groups in total. The molecule has 3 aromatic rings. The van der Waals surface area contributed by atoms with E-state index in [0.29, 0.717) is 50.5 Å². The maximum atomic E-state index is 13.7. The lowest BCUT2D eigenvalue weighted by Crippen LogP contribution is -2.35. The number of Topliss-reactive ketones (excluding diaryl/α,β-unsaturated/α-hetero) is 1. The van der Waals surface area contributed by atoms with Crippen LogP contribution in [0.3, 0.4) is 0 Å². The van der Waals surface area contributed by atoms with Crippen molar-refractivity contribution in [2.75, 3.05) is 49.1 Å². The van der Waals surface area contributed by atoms with Crippen LogP contribution < -0.4 is 9.80 Å². The zero-order valence-corrected chi connectivity index (χ0v) is 23.7. The molecule has 220 valence electrons. The molecule has 5 rings (SSSR count). The van der Waals surface area contributed by atoms with Crippen LogP contribution in [0.2, 0.25) is 5.02 Å². The molecule has 0 aliphatic carbocycles. The number of pyridine rings is 1. The second-order valence-corrected chi connectivity index (χ2v) is 12.3. The van der Waals surface area contributed by atoms with Crippen molar-refractivity contribution >= 4 is 39.2 Å². The average molecular weight is 612 g/mol. The van der Waals surface area contributed by atoms with Crippen LogP contribution in [0.1, 0.15) is 47.5 Å². The minimum absolute atomic E-state index is 0.0609. The smallest absolute Gasteiger partial charge is 0.420 e. The monoisotopic (exact) mass is 611 g/mol. The SMILES string of the molecule is O=C(Cc1ccc(N2CCCN(S(=O)(=O)c3ccccc3Cl)CC2)nc1)c1oc(N2CCCCC2)nc1C(F)(F)F. The van der Waals surface area contributed by atoms with E-state index in [1.54, 1.807) is 29.2 Å². The molecule has 0 saturated carbocycles. The van der Waals surface area contributed by atoms with Crippen LogP contribution in [0.4, 0.5) is 25.0 Å². The van der Waals surface area contributed by atoms with E-state index in [1.165, 1.54) is 22.6 Å². The van der Waals surface area contributed by atoms with E-state index in [4.69, 9.17) is 16.0 Å². The summed E-state index contributed by atoms with van der Waals surface area (Å²) in [4.78, 5) is 24.6. The number of aromatic nitrogens is 2. The van der Waals surface area contributed by atoms with Gasteiger partial charge in [-0.1, -0.05) is 29.8 Å². The van der Waals surface area contributed by atoms with Crippen molar-refractivity contribution in [2.45, 2.75) is 43.2 Å². The van der Waals surface area contributed by atoms with Gasteiger partial charge < -0.3 is 14.2 Å². The molecule has 41 heavy (non-hydrogen) atoms.